The number of nitrogens with one attached hydrogen (secondary N) is 1. The second-order valence-electron chi connectivity index (χ2n) is 16.4. The van der Waals surface area contributed by atoms with Crippen molar-refractivity contribution in [3.05, 3.63) is 148 Å². The highest BCUT2D eigenvalue weighted by Crippen LogP contribution is 2.58. The molecule has 4 heterocycles. The highest BCUT2D eigenvalue weighted by Gasteiger charge is 2.51. The molecule has 1 N–H and O–H groups in total. The van der Waals surface area contributed by atoms with Crippen molar-refractivity contribution >= 4 is 59.2 Å². The van der Waals surface area contributed by atoms with Crippen LogP contribution >= 0.6 is 30.6 Å². The summed E-state index contributed by atoms with van der Waals surface area (Å²) in [6.45, 7) is 2.27. The van der Waals surface area contributed by atoms with Crippen molar-refractivity contribution in [2.75, 3.05) is 79.8 Å². The molecule has 8 rings (SSSR count). The van der Waals surface area contributed by atoms with Crippen LogP contribution in [0, 0.1) is 0 Å². The first kappa shape index (κ1) is 50.3. The quantitative estimate of drug-likeness (QED) is 0.0214. The number of ether oxygens (including phenoxy) is 6. The summed E-state index contributed by atoms with van der Waals surface area (Å²) < 4.78 is 49.8. The third-order valence-electron chi connectivity index (χ3n) is 11.7. The number of thioether (sulfide) groups is 1. The fraction of sp³-hybridized carbons (Fsp3) is 0.380. The van der Waals surface area contributed by atoms with Gasteiger partial charge in [0, 0.05) is 51.4 Å². The molecule has 16 nitrogen and oxygen atoms in total. The lowest BCUT2D eigenvalue weighted by Crippen LogP contribution is -2.41. The van der Waals surface area contributed by atoms with E-state index in [1.165, 1.54) is 11.8 Å². The molecule has 2 aliphatic heterocycles. The van der Waals surface area contributed by atoms with Crippen molar-refractivity contribution < 1.29 is 37.7 Å². The van der Waals surface area contributed by atoms with E-state index in [9.17, 15) is 9.59 Å². The molecule has 0 saturated carbocycles. The molecular formula is C50H58N7O9PS2. The number of benzene rings is 4. The van der Waals surface area contributed by atoms with Crippen molar-refractivity contribution in [2.24, 2.45) is 4.99 Å². The number of aliphatic imine (C=N–C) groups is 1. The van der Waals surface area contributed by atoms with Crippen molar-refractivity contribution in [3.63, 3.8) is 0 Å². The van der Waals surface area contributed by atoms with E-state index >= 15 is 0 Å². The normalized spacial score (nSPS) is 19.1. The zero-order valence-corrected chi connectivity index (χ0v) is 41.9. The van der Waals surface area contributed by atoms with Gasteiger partial charge in [-0.1, -0.05) is 108 Å². The second-order valence-corrected chi connectivity index (χ2v) is 21.1. The molecule has 2 unspecified atom stereocenters. The molecule has 0 amide bonds. The summed E-state index contributed by atoms with van der Waals surface area (Å²) in [4.78, 5) is 44.8. The topological polar surface area (TPSA) is 164 Å². The van der Waals surface area contributed by atoms with Crippen LogP contribution in [0.25, 0.3) is 11.2 Å². The Bertz CT molecular complexity index is 2610. The number of rotatable bonds is 23. The molecule has 6 aromatic rings. The number of H-pyrrole nitrogens is 1. The Labute approximate surface area is 411 Å². The lowest BCUT2D eigenvalue weighted by Gasteiger charge is -2.38. The number of aromatic amines is 1. The number of imidazole rings is 1. The summed E-state index contributed by atoms with van der Waals surface area (Å²) >= 11 is 3.01. The first-order valence-corrected chi connectivity index (χ1v) is 26.5. The fourth-order valence-electron chi connectivity index (χ4n) is 8.31. The standard InChI is InChI=1S/C50H58N7O9PS2/c1-55(2)33-52-49-53-45-42(46(58)54-49)51-34-57(45)47-44(63-29-28-60-3)43(66-67(56-26-12-13-27-56)69-31-30-68-48(59)35-14-8-6-9-15-35)41(65-47)32-64-50(36-16-10-7-11-17-36,37-18-22-39(61-4)23-19-37)38-20-24-40(62-5)25-21-38/h6-11,14-25,33-34,41,43-44,47H,12-13,26-32H2,1-5H3,(H,53,54,58)/b52-33+/t41-,43?,44+,47-,67?/m1/s1. The number of hydrogen-bond donors (Lipinski definition) is 1. The molecule has 0 spiro atoms. The molecule has 0 bridgehead atoms. The van der Waals surface area contributed by atoms with Gasteiger partial charge in [0.05, 0.1) is 46.7 Å². The molecule has 5 atom stereocenters. The Morgan fingerprint density at radius 2 is 1.51 bits per heavy atom. The summed E-state index contributed by atoms with van der Waals surface area (Å²) in [6, 6.07) is 35.2. The number of nitrogens with zero attached hydrogens (tertiary/aromatic N) is 6. The van der Waals surface area contributed by atoms with Gasteiger partial charge in [-0.15, -0.1) is 0 Å². The van der Waals surface area contributed by atoms with Gasteiger partial charge in [-0.2, -0.15) is 4.98 Å². The third-order valence-corrected chi connectivity index (χ3v) is 16.9. The maximum atomic E-state index is 13.5. The molecule has 2 aliphatic rings. The zero-order valence-electron chi connectivity index (χ0n) is 39.3. The average molecular weight is 996 g/mol. The highest BCUT2D eigenvalue weighted by molar-refractivity contribution is 8.53. The van der Waals surface area contributed by atoms with Crippen LogP contribution in [0.15, 0.2) is 125 Å². The minimum absolute atomic E-state index is 0.0204. The molecule has 2 saturated heterocycles. The van der Waals surface area contributed by atoms with E-state index in [-0.39, 0.29) is 35.4 Å². The predicted molar refractivity (Wildman–Crippen MR) is 272 cm³/mol. The first-order valence-electron chi connectivity index (χ1n) is 22.7. The average Bonchev–Trinajstić information content (AvgIpc) is 4.16. The van der Waals surface area contributed by atoms with Gasteiger partial charge in [0.2, 0.25) is 11.1 Å². The van der Waals surface area contributed by atoms with Gasteiger partial charge in [0.15, 0.2) is 24.9 Å². The number of carbonyl (C=O) groups is 1. The van der Waals surface area contributed by atoms with E-state index in [1.54, 1.807) is 54.8 Å². The summed E-state index contributed by atoms with van der Waals surface area (Å²) in [6.07, 6.45) is 2.05. The maximum absolute atomic E-state index is 13.5. The van der Waals surface area contributed by atoms with Gasteiger partial charge in [0.25, 0.3) is 5.56 Å². The molecule has 19 heteroatoms. The number of methoxy groups -OCH3 is 3. The molecule has 2 aromatic heterocycles. The van der Waals surface area contributed by atoms with E-state index in [0.717, 1.165) is 42.6 Å². The van der Waals surface area contributed by atoms with Crippen LogP contribution in [0.3, 0.4) is 0 Å². The smallest absolute Gasteiger partial charge is 0.280 e. The molecule has 0 radical (unpaired) electrons. The Morgan fingerprint density at radius 1 is 0.870 bits per heavy atom. The Balaban J connectivity index is 1.21. The fourth-order valence-corrected chi connectivity index (χ4v) is 13.6. The summed E-state index contributed by atoms with van der Waals surface area (Å²) in [7, 11) is 7.25. The highest BCUT2D eigenvalue weighted by atomic mass is 32.7. The Morgan fingerprint density at radius 3 is 2.13 bits per heavy atom. The van der Waals surface area contributed by atoms with Gasteiger partial charge < -0.3 is 37.8 Å². The van der Waals surface area contributed by atoms with Crippen LogP contribution in [-0.4, -0.2) is 139 Å². The molecular weight excluding hydrogens is 938 g/mol. The van der Waals surface area contributed by atoms with Crippen molar-refractivity contribution in [1.29, 1.82) is 0 Å². The second kappa shape index (κ2) is 24.1. The number of hydrogen-bond acceptors (Lipinski definition) is 15. The minimum atomic E-state index is -1.31. The molecule has 364 valence electrons. The van der Waals surface area contributed by atoms with Crippen LogP contribution in [-0.2, 0) is 29.1 Å². The van der Waals surface area contributed by atoms with Crippen LogP contribution in [0.5, 0.6) is 11.5 Å². The SMILES string of the molecule is COCCO[C@H]1C(OP(SCCSC(=O)c2ccccc2)N2CCCC2)[C@@H](COC(c2ccccc2)(c2ccc(OC)cc2)c2ccc(OC)cc2)O[C@H]1n1cnc2c(=O)[nH]c(/N=C/N(C)C)nc21. The van der Waals surface area contributed by atoms with Gasteiger partial charge in [-0.3, -0.25) is 23.8 Å². The summed E-state index contributed by atoms with van der Waals surface area (Å²) in [5.41, 5.74) is 2.03. The Kier molecular flexibility index (Phi) is 17.6. The summed E-state index contributed by atoms with van der Waals surface area (Å²) in [5, 5.41) is 0.0321. The van der Waals surface area contributed by atoms with Crippen LogP contribution in [0.1, 0.15) is 46.1 Å². The largest absolute Gasteiger partial charge is 0.497 e. The van der Waals surface area contributed by atoms with E-state index in [2.05, 4.69) is 31.8 Å². The molecule has 4 aromatic carbocycles. The van der Waals surface area contributed by atoms with E-state index in [1.807, 2.05) is 111 Å². The minimum Gasteiger partial charge on any atom is -0.497 e. The zero-order chi connectivity index (χ0) is 48.2. The maximum Gasteiger partial charge on any atom is 0.280 e. The molecule has 69 heavy (non-hydrogen) atoms. The van der Waals surface area contributed by atoms with Crippen molar-refractivity contribution in [2.45, 2.75) is 43.0 Å². The number of carbonyl (C=O) groups excluding carboxylic acids is 1. The van der Waals surface area contributed by atoms with Gasteiger partial charge in [0.1, 0.15) is 35.4 Å². The number of fused-ring (bicyclic) bond motifs is 1. The van der Waals surface area contributed by atoms with Gasteiger partial charge in [-0.25, -0.2) is 9.98 Å². The van der Waals surface area contributed by atoms with Gasteiger partial charge in [-0.05, 0) is 53.8 Å². The van der Waals surface area contributed by atoms with Crippen LogP contribution < -0.4 is 15.0 Å². The summed E-state index contributed by atoms with van der Waals surface area (Å²) in [5.74, 6) is 2.78. The molecule has 2 fully saturated rings. The van der Waals surface area contributed by atoms with Crippen LogP contribution in [0.2, 0.25) is 0 Å². The molecule has 0 aliphatic carbocycles. The third kappa shape index (κ3) is 11.9. The van der Waals surface area contributed by atoms with Crippen molar-refractivity contribution in [3.8, 4) is 11.5 Å². The number of aromatic nitrogens is 4. The van der Waals surface area contributed by atoms with Crippen LogP contribution in [0.4, 0.5) is 5.95 Å². The van der Waals surface area contributed by atoms with Crippen molar-refractivity contribution in [1.82, 2.24) is 29.1 Å². The Hall–Kier alpha value is -5.14. The first-order chi connectivity index (χ1) is 33.7. The van der Waals surface area contributed by atoms with Gasteiger partial charge >= 0.3 is 0 Å². The van der Waals surface area contributed by atoms with E-state index in [4.69, 9.17) is 37.9 Å². The van der Waals surface area contributed by atoms with E-state index < -0.39 is 43.2 Å². The lowest BCUT2D eigenvalue weighted by molar-refractivity contribution is -0.0964. The lowest BCUT2D eigenvalue weighted by atomic mass is 9.80. The predicted octanol–water partition coefficient (Wildman–Crippen LogP) is 8.31. The monoisotopic (exact) mass is 995 g/mol. The van der Waals surface area contributed by atoms with E-state index in [0.29, 0.717) is 35.2 Å².